The minimum atomic E-state index is -4.44. The molecule has 0 fully saturated rings. The molecule has 0 atom stereocenters. The zero-order valence-corrected chi connectivity index (χ0v) is 21.2. The molecule has 0 spiro atoms. The van der Waals surface area contributed by atoms with Crippen LogP contribution in [0.2, 0.25) is 0 Å². The van der Waals surface area contributed by atoms with Crippen LogP contribution in [-0.2, 0) is 12.4 Å². The van der Waals surface area contributed by atoms with Crippen LogP contribution in [-0.4, -0.2) is 4.92 Å². The van der Waals surface area contributed by atoms with Crippen LogP contribution < -0.4 is 5.73 Å². The van der Waals surface area contributed by atoms with Gasteiger partial charge in [0.05, 0.1) is 16.1 Å². The Labute approximate surface area is 232 Å². The average Bonchev–Trinajstić information content (AvgIpc) is 3.56. The number of nitro groups is 1. The molecule has 2 N–H and O–H groups in total. The molecule has 4 aromatic carbocycles. The summed E-state index contributed by atoms with van der Waals surface area (Å²) in [5.74, 6) is 0.610. The number of nitro benzene ring substituents is 1. The number of nitrogen functional groups attached to an aromatic ring is 1. The van der Waals surface area contributed by atoms with Gasteiger partial charge in [-0.3, -0.25) is 10.1 Å². The van der Waals surface area contributed by atoms with E-state index < -0.39 is 28.4 Å². The van der Waals surface area contributed by atoms with Crippen molar-refractivity contribution in [1.29, 1.82) is 0 Å². The van der Waals surface area contributed by atoms with Crippen molar-refractivity contribution in [2.75, 3.05) is 5.73 Å². The van der Waals surface area contributed by atoms with Gasteiger partial charge in [0.25, 0.3) is 5.69 Å². The summed E-state index contributed by atoms with van der Waals surface area (Å²) < 4.78 is 87.3. The summed E-state index contributed by atoms with van der Waals surface area (Å²) in [6, 6.07) is 22.0. The predicted octanol–water partition coefficient (Wildman–Crippen LogP) is 9.73. The lowest BCUT2D eigenvalue weighted by Gasteiger charge is -2.07. The van der Waals surface area contributed by atoms with Gasteiger partial charge in [-0.15, -0.1) is 0 Å². The molecular formula is C30H18F6N2O4. The van der Waals surface area contributed by atoms with E-state index in [-0.39, 0.29) is 17.0 Å². The molecule has 0 unspecified atom stereocenters. The van der Waals surface area contributed by atoms with Crippen molar-refractivity contribution in [3.8, 4) is 22.6 Å². The molecule has 0 radical (unpaired) electrons. The number of benzene rings is 4. The van der Waals surface area contributed by atoms with Crippen molar-refractivity contribution < 1.29 is 40.1 Å². The summed E-state index contributed by atoms with van der Waals surface area (Å²) in [6.07, 6.45) is -8.81. The molecule has 0 bridgehead atoms. The first-order valence-electron chi connectivity index (χ1n) is 12.1. The van der Waals surface area contributed by atoms with Crippen molar-refractivity contribution in [2.45, 2.75) is 12.4 Å². The maximum absolute atomic E-state index is 12.7. The summed E-state index contributed by atoms with van der Waals surface area (Å²) in [5, 5.41) is 11.9. The molecule has 6 aromatic rings. The summed E-state index contributed by atoms with van der Waals surface area (Å²) in [4.78, 5) is 10.2. The first-order valence-corrected chi connectivity index (χ1v) is 12.1. The van der Waals surface area contributed by atoms with Gasteiger partial charge in [0.1, 0.15) is 22.7 Å². The molecule has 42 heavy (non-hydrogen) atoms. The topological polar surface area (TPSA) is 95.4 Å². The number of hydrogen-bond donors (Lipinski definition) is 1. The van der Waals surface area contributed by atoms with Crippen molar-refractivity contribution in [3.63, 3.8) is 0 Å². The van der Waals surface area contributed by atoms with E-state index in [0.29, 0.717) is 33.6 Å². The Bertz CT molecular complexity index is 1920. The van der Waals surface area contributed by atoms with Gasteiger partial charge in [0.2, 0.25) is 0 Å². The van der Waals surface area contributed by atoms with E-state index in [4.69, 9.17) is 14.6 Å². The zero-order chi connectivity index (χ0) is 30.2. The maximum atomic E-state index is 12.7. The van der Waals surface area contributed by atoms with Crippen LogP contribution in [0, 0.1) is 10.1 Å². The van der Waals surface area contributed by atoms with Crippen LogP contribution in [0.5, 0.6) is 0 Å². The van der Waals surface area contributed by atoms with Crippen molar-refractivity contribution in [3.05, 3.63) is 118 Å². The number of rotatable bonds is 3. The van der Waals surface area contributed by atoms with Gasteiger partial charge in [-0.05, 0) is 60.7 Å². The maximum Gasteiger partial charge on any atom is 0.416 e. The van der Waals surface area contributed by atoms with Crippen molar-refractivity contribution in [2.24, 2.45) is 0 Å². The molecule has 0 amide bonds. The van der Waals surface area contributed by atoms with E-state index in [1.54, 1.807) is 30.3 Å². The summed E-state index contributed by atoms with van der Waals surface area (Å²) in [7, 11) is 0. The predicted molar refractivity (Wildman–Crippen MR) is 144 cm³/mol. The summed E-state index contributed by atoms with van der Waals surface area (Å²) in [5.41, 5.74) is 6.26. The Morgan fingerprint density at radius 3 is 1.57 bits per heavy atom. The largest absolute Gasteiger partial charge is 0.456 e. The lowest BCUT2D eigenvalue weighted by atomic mass is 10.1. The highest BCUT2D eigenvalue weighted by molar-refractivity contribution is 5.86. The second kappa shape index (κ2) is 10.6. The Morgan fingerprint density at radius 1 is 0.619 bits per heavy atom. The Balaban J connectivity index is 0.000000169. The second-order valence-electron chi connectivity index (χ2n) is 9.15. The number of anilines is 1. The lowest BCUT2D eigenvalue weighted by molar-refractivity contribution is -0.384. The monoisotopic (exact) mass is 584 g/mol. The minimum absolute atomic E-state index is 0.108. The molecule has 2 aromatic heterocycles. The molecular weight excluding hydrogens is 566 g/mol. The number of furan rings is 2. The highest BCUT2D eigenvalue weighted by Gasteiger charge is 2.31. The van der Waals surface area contributed by atoms with Gasteiger partial charge in [-0.25, -0.2) is 0 Å². The van der Waals surface area contributed by atoms with Gasteiger partial charge in [0, 0.05) is 39.7 Å². The molecule has 6 rings (SSSR count). The highest BCUT2D eigenvalue weighted by atomic mass is 19.4. The van der Waals surface area contributed by atoms with Gasteiger partial charge < -0.3 is 14.6 Å². The third-order valence-corrected chi connectivity index (χ3v) is 6.20. The van der Waals surface area contributed by atoms with Crippen LogP contribution >= 0.6 is 0 Å². The van der Waals surface area contributed by atoms with Gasteiger partial charge in [-0.2, -0.15) is 26.3 Å². The molecule has 12 heteroatoms. The Hall–Kier alpha value is -5.26. The van der Waals surface area contributed by atoms with E-state index in [0.717, 1.165) is 29.7 Å². The standard InChI is InChI=1S/C15H8F3NO3.C15H10F3NO/c16-15(17,18)11-3-1-2-9(6-11)14-8-10-7-12(19(20)21)4-5-13(10)22-14;16-15(17,18)11-3-1-2-9(6-11)14-8-10-7-12(19)4-5-13(10)20-14/h1-8H;1-8H,19H2. The van der Waals surface area contributed by atoms with E-state index in [2.05, 4.69) is 0 Å². The van der Waals surface area contributed by atoms with Crippen LogP contribution in [0.3, 0.4) is 0 Å². The van der Waals surface area contributed by atoms with Crippen LogP contribution in [0.4, 0.5) is 37.7 Å². The number of alkyl halides is 6. The van der Waals surface area contributed by atoms with Crippen LogP contribution in [0.25, 0.3) is 44.6 Å². The number of hydrogen-bond acceptors (Lipinski definition) is 5. The molecule has 0 aliphatic heterocycles. The summed E-state index contributed by atoms with van der Waals surface area (Å²) in [6.45, 7) is 0. The lowest BCUT2D eigenvalue weighted by Crippen LogP contribution is -2.04. The second-order valence-corrected chi connectivity index (χ2v) is 9.15. The van der Waals surface area contributed by atoms with Gasteiger partial charge in [0.15, 0.2) is 0 Å². The van der Waals surface area contributed by atoms with E-state index in [1.807, 2.05) is 0 Å². The Kier molecular flexibility index (Phi) is 7.15. The highest BCUT2D eigenvalue weighted by Crippen LogP contribution is 2.36. The molecule has 0 aliphatic carbocycles. The fraction of sp³-hybridized carbons (Fsp3) is 0.0667. The minimum Gasteiger partial charge on any atom is -0.456 e. The number of non-ortho nitro benzene ring substituents is 1. The molecule has 2 heterocycles. The number of nitrogens with zero attached hydrogens (tertiary/aromatic N) is 1. The first-order chi connectivity index (χ1) is 19.8. The molecule has 0 saturated heterocycles. The van der Waals surface area contributed by atoms with Crippen molar-refractivity contribution >= 4 is 33.3 Å². The quantitative estimate of drug-likeness (QED) is 0.0967. The molecule has 0 aliphatic rings. The third kappa shape index (κ3) is 6.07. The smallest absolute Gasteiger partial charge is 0.416 e. The fourth-order valence-electron chi connectivity index (χ4n) is 4.19. The van der Waals surface area contributed by atoms with Gasteiger partial charge in [-0.1, -0.05) is 24.3 Å². The number of fused-ring (bicyclic) bond motifs is 2. The first kappa shape index (κ1) is 28.3. The van der Waals surface area contributed by atoms with E-state index in [9.17, 15) is 36.5 Å². The average molecular weight is 584 g/mol. The fourth-order valence-corrected chi connectivity index (χ4v) is 4.19. The van der Waals surface area contributed by atoms with E-state index in [1.165, 1.54) is 42.5 Å². The molecule has 0 saturated carbocycles. The molecule has 6 nitrogen and oxygen atoms in total. The molecule has 214 valence electrons. The number of halogens is 6. The van der Waals surface area contributed by atoms with Gasteiger partial charge >= 0.3 is 12.4 Å². The number of nitrogens with two attached hydrogens (primary N) is 1. The van der Waals surface area contributed by atoms with Crippen LogP contribution in [0.15, 0.2) is 106 Å². The summed E-state index contributed by atoms with van der Waals surface area (Å²) >= 11 is 0. The third-order valence-electron chi connectivity index (χ3n) is 6.20. The van der Waals surface area contributed by atoms with Crippen LogP contribution in [0.1, 0.15) is 11.1 Å². The SMILES string of the molecule is Nc1ccc2oc(-c3cccc(C(F)(F)F)c3)cc2c1.O=[N+]([O-])c1ccc2oc(-c3cccc(C(F)(F)F)c3)cc2c1. The van der Waals surface area contributed by atoms with Crippen molar-refractivity contribution in [1.82, 2.24) is 0 Å². The zero-order valence-electron chi connectivity index (χ0n) is 21.2. The Morgan fingerprint density at radius 2 is 1.10 bits per heavy atom. The normalized spacial score (nSPS) is 11.9. The van der Waals surface area contributed by atoms with E-state index >= 15 is 0 Å².